The molecular weight excluding hydrogens is 256 g/mol. The Morgan fingerprint density at radius 3 is 1.95 bits per heavy atom. The second kappa shape index (κ2) is 6.42. The summed E-state index contributed by atoms with van der Waals surface area (Å²) in [5.41, 5.74) is 9.11. The van der Waals surface area contributed by atoms with Crippen LogP contribution in [0.4, 0.5) is 0 Å². The van der Waals surface area contributed by atoms with Gasteiger partial charge in [0.15, 0.2) is 0 Å². The van der Waals surface area contributed by atoms with Gasteiger partial charge in [-0.3, -0.25) is 4.90 Å². The fourth-order valence-corrected chi connectivity index (χ4v) is 3.39. The van der Waals surface area contributed by atoms with Crippen molar-refractivity contribution in [1.29, 1.82) is 0 Å². The van der Waals surface area contributed by atoms with E-state index in [1.54, 1.807) is 0 Å². The van der Waals surface area contributed by atoms with Crippen LogP contribution in [0.3, 0.4) is 0 Å². The van der Waals surface area contributed by atoms with Crippen LogP contribution in [0.25, 0.3) is 0 Å². The van der Waals surface area contributed by atoms with Crippen LogP contribution in [0.5, 0.6) is 0 Å². The number of likely N-dealkylation sites (tertiary alicyclic amines) is 1. The summed E-state index contributed by atoms with van der Waals surface area (Å²) in [6.45, 7) is 3.34. The fraction of sp³-hybridized carbons (Fsp3) is 0.368. The van der Waals surface area contributed by atoms with E-state index in [0.29, 0.717) is 5.92 Å². The first-order chi connectivity index (χ1) is 10.3. The van der Waals surface area contributed by atoms with Crippen molar-refractivity contribution >= 4 is 0 Å². The van der Waals surface area contributed by atoms with E-state index in [1.807, 2.05) is 0 Å². The second-order valence-corrected chi connectivity index (χ2v) is 5.96. The van der Waals surface area contributed by atoms with E-state index < -0.39 is 0 Å². The molecule has 2 heteroatoms. The molecule has 0 bridgehead atoms. The summed E-state index contributed by atoms with van der Waals surface area (Å²) in [6, 6.07) is 21.7. The molecule has 0 amide bonds. The first-order valence-electron chi connectivity index (χ1n) is 7.92. The number of nitrogens with zero attached hydrogens (tertiary/aromatic N) is 1. The summed E-state index contributed by atoms with van der Waals surface area (Å²) in [7, 11) is 0. The molecule has 2 atom stereocenters. The molecule has 2 nitrogen and oxygen atoms in total. The molecule has 2 N–H and O–H groups in total. The highest BCUT2D eigenvalue weighted by Crippen LogP contribution is 2.38. The van der Waals surface area contributed by atoms with Crippen LogP contribution < -0.4 is 5.73 Å². The standard InChI is InChI=1S/C19H24N2/c1-2-9-17-14-21(19(17)20)18(15-10-5-3-6-11-15)16-12-7-4-8-13-16/h3-8,10-13,17-19H,2,9,14,20H2,1H3. The monoisotopic (exact) mass is 280 g/mol. The Morgan fingerprint density at radius 2 is 1.52 bits per heavy atom. The lowest BCUT2D eigenvalue weighted by Gasteiger charge is -2.50. The number of hydrogen-bond acceptors (Lipinski definition) is 2. The van der Waals surface area contributed by atoms with E-state index in [9.17, 15) is 0 Å². The average molecular weight is 280 g/mol. The van der Waals surface area contributed by atoms with Crippen LogP contribution in [0, 0.1) is 5.92 Å². The Labute approximate surface area is 127 Å². The zero-order valence-electron chi connectivity index (χ0n) is 12.7. The summed E-state index contributed by atoms with van der Waals surface area (Å²) >= 11 is 0. The topological polar surface area (TPSA) is 29.3 Å². The third-order valence-corrected chi connectivity index (χ3v) is 4.53. The minimum absolute atomic E-state index is 0.176. The van der Waals surface area contributed by atoms with Gasteiger partial charge in [-0.05, 0) is 17.5 Å². The predicted octanol–water partition coefficient (Wildman–Crippen LogP) is 3.79. The van der Waals surface area contributed by atoms with Crippen LogP contribution in [-0.4, -0.2) is 17.6 Å². The van der Waals surface area contributed by atoms with E-state index in [1.165, 1.54) is 24.0 Å². The van der Waals surface area contributed by atoms with Crippen molar-refractivity contribution < 1.29 is 0 Å². The molecule has 0 aliphatic carbocycles. The van der Waals surface area contributed by atoms with Crippen molar-refractivity contribution in [2.24, 2.45) is 11.7 Å². The number of benzene rings is 2. The van der Waals surface area contributed by atoms with Crippen molar-refractivity contribution in [3.05, 3.63) is 71.8 Å². The Hall–Kier alpha value is -1.64. The molecule has 0 spiro atoms. The van der Waals surface area contributed by atoms with Gasteiger partial charge in [-0.1, -0.05) is 74.0 Å². The number of rotatable bonds is 5. The highest BCUT2D eigenvalue weighted by Gasteiger charge is 2.40. The first-order valence-corrected chi connectivity index (χ1v) is 7.92. The van der Waals surface area contributed by atoms with E-state index >= 15 is 0 Å². The predicted molar refractivity (Wildman–Crippen MR) is 87.8 cm³/mol. The smallest absolute Gasteiger partial charge is 0.0621 e. The van der Waals surface area contributed by atoms with Crippen LogP contribution in [-0.2, 0) is 0 Å². The van der Waals surface area contributed by atoms with Gasteiger partial charge in [-0.25, -0.2) is 0 Å². The molecule has 2 aromatic rings. The van der Waals surface area contributed by atoms with Crippen molar-refractivity contribution in [3.8, 4) is 0 Å². The Kier molecular flexibility index (Phi) is 4.37. The van der Waals surface area contributed by atoms with Gasteiger partial charge in [0.1, 0.15) is 0 Å². The summed E-state index contributed by atoms with van der Waals surface area (Å²) in [5, 5.41) is 0. The number of hydrogen-bond donors (Lipinski definition) is 1. The molecule has 0 saturated carbocycles. The molecule has 0 aromatic heterocycles. The van der Waals surface area contributed by atoms with Gasteiger partial charge in [-0.2, -0.15) is 0 Å². The maximum Gasteiger partial charge on any atom is 0.0621 e. The molecule has 3 rings (SSSR count). The molecule has 1 aliphatic heterocycles. The molecular formula is C19H24N2. The van der Waals surface area contributed by atoms with Gasteiger partial charge in [0, 0.05) is 12.5 Å². The van der Waals surface area contributed by atoms with Gasteiger partial charge < -0.3 is 5.73 Å². The molecule has 1 heterocycles. The largest absolute Gasteiger partial charge is 0.315 e. The summed E-state index contributed by atoms with van der Waals surface area (Å²) in [4.78, 5) is 2.44. The van der Waals surface area contributed by atoms with E-state index in [2.05, 4.69) is 72.5 Å². The van der Waals surface area contributed by atoms with Crippen molar-refractivity contribution in [2.75, 3.05) is 6.54 Å². The molecule has 1 saturated heterocycles. The fourth-order valence-electron chi connectivity index (χ4n) is 3.39. The van der Waals surface area contributed by atoms with E-state index in [-0.39, 0.29) is 12.2 Å². The van der Waals surface area contributed by atoms with Gasteiger partial charge >= 0.3 is 0 Å². The third-order valence-electron chi connectivity index (χ3n) is 4.53. The highest BCUT2D eigenvalue weighted by molar-refractivity contribution is 5.32. The zero-order chi connectivity index (χ0) is 14.7. The van der Waals surface area contributed by atoms with Crippen molar-refractivity contribution in [3.63, 3.8) is 0 Å². The maximum absolute atomic E-state index is 6.45. The molecule has 110 valence electrons. The SMILES string of the molecule is CCCC1CN(C(c2ccccc2)c2ccccc2)C1N. The quantitative estimate of drug-likeness (QED) is 0.903. The maximum atomic E-state index is 6.45. The number of nitrogens with two attached hydrogens (primary N) is 1. The minimum Gasteiger partial charge on any atom is -0.315 e. The van der Waals surface area contributed by atoms with Gasteiger partial charge in [0.05, 0.1) is 12.2 Å². The van der Waals surface area contributed by atoms with Gasteiger partial charge in [0.2, 0.25) is 0 Å². The lowest BCUT2D eigenvalue weighted by Crippen LogP contribution is -2.62. The first kappa shape index (κ1) is 14.3. The van der Waals surface area contributed by atoms with Crippen LogP contribution >= 0.6 is 0 Å². The van der Waals surface area contributed by atoms with Crippen molar-refractivity contribution in [1.82, 2.24) is 4.90 Å². The van der Waals surface area contributed by atoms with E-state index in [0.717, 1.165) is 6.54 Å². The Bertz CT molecular complexity index is 513. The van der Waals surface area contributed by atoms with Crippen molar-refractivity contribution in [2.45, 2.75) is 32.0 Å². The summed E-state index contributed by atoms with van der Waals surface area (Å²) < 4.78 is 0. The van der Waals surface area contributed by atoms with Crippen LogP contribution in [0.2, 0.25) is 0 Å². The lowest BCUT2D eigenvalue weighted by atomic mass is 9.85. The van der Waals surface area contributed by atoms with Crippen LogP contribution in [0.15, 0.2) is 60.7 Å². The highest BCUT2D eigenvalue weighted by atomic mass is 15.3. The molecule has 2 unspecified atom stereocenters. The molecule has 1 fully saturated rings. The molecule has 1 aliphatic rings. The Morgan fingerprint density at radius 1 is 1.00 bits per heavy atom. The second-order valence-electron chi connectivity index (χ2n) is 5.96. The molecule has 0 radical (unpaired) electrons. The Balaban J connectivity index is 1.88. The molecule has 2 aromatic carbocycles. The van der Waals surface area contributed by atoms with Gasteiger partial charge in [-0.15, -0.1) is 0 Å². The lowest BCUT2D eigenvalue weighted by molar-refractivity contribution is -0.0121. The van der Waals surface area contributed by atoms with Gasteiger partial charge in [0.25, 0.3) is 0 Å². The summed E-state index contributed by atoms with van der Waals surface area (Å²) in [5.74, 6) is 0.643. The minimum atomic E-state index is 0.176. The zero-order valence-corrected chi connectivity index (χ0v) is 12.7. The molecule has 21 heavy (non-hydrogen) atoms. The third kappa shape index (κ3) is 2.87. The van der Waals surface area contributed by atoms with Crippen LogP contribution in [0.1, 0.15) is 36.9 Å². The van der Waals surface area contributed by atoms with E-state index in [4.69, 9.17) is 5.73 Å². The average Bonchev–Trinajstić information content (AvgIpc) is 2.55. The normalized spacial score (nSPS) is 22.2. The summed E-state index contributed by atoms with van der Waals surface area (Å²) in [6.07, 6.45) is 2.62.